The minimum absolute atomic E-state index is 0.109. The number of carbonyl (C=O) groups is 1. The van der Waals surface area contributed by atoms with E-state index in [9.17, 15) is 33.0 Å². The van der Waals surface area contributed by atoms with Crippen molar-refractivity contribution in [3.8, 4) is 0 Å². The maximum atomic E-state index is 12.8. The summed E-state index contributed by atoms with van der Waals surface area (Å²) in [5.74, 6) is -0.651. The summed E-state index contributed by atoms with van der Waals surface area (Å²) in [7, 11) is 0. The number of rotatable bonds is 2. The third kappa shape index (κ3) is 3.90. The molecule has 2 N–H and O–H groups in total. The van der Waals surface area contributed by atoms with Gasteiger partial charge in [0.05, 0.1) is 17.3 Å². The quantitative estimate of drug-likeness (QED) is 0.811. The fraction of sp³-hybridized carbons (Fsp3) is 0.571. The summed E-state index contributed by atoms with van der Waals surface area (Å²) < 4.78 is 38.9. The molecule has 2 atom stereocenters. The Morgan fingerprint density at radius 3 is 2.67 bits per heavy atom. The van der Waals surface area contributed by atoms with Crippen molar-refractivity contribution in [3.63, 3.8) is 0 Å². The first-order chi connectivity index (χ1) is 10.9. The minimum Gasteiger partial charge on any atom is -0.388 e. The molecule has 1 aromatic rings. The van der Waals surface area contributed by atoms with Crippen molar-refractivity contribution in [1.29, 1.82) is 0 Å². The lowest BCUT2D eigenvalue weighted by Crippen LogP contribution is -2.55. The molecule has 1 aliphatic rings. The highest BCUT2D eigenvalue weighted by Crippen LogP contribution is 2.29. The first-order valence-electron chi connectivity index (χ1n) is 7.07. The number of nitrogens with zero attached hydrogens (tertiary/aromatic N) is 2. The van der Waals surface area contributed by atoms with E-state index in [1.165, 1.54) is 11.8 Å². The average Bonchev–Trinajstić information content (AvgIpc) is 2.45. The molecule has 0 radical (unpaired) electrons. The van der Waals surface area contributed by atoms with Crippen LogP contribution in [0.4, 0.5) is 13.2 Å². The summed E-state index contributed by atoms with van der Waals surface area (Å²) in [4.78, 5) is 25.2. The maximum Gasteiger partial charge on any atom is 0.417 e. The standard InChI is InChI=1S/C14H16ClF3N2O4/c1-13(24)2-3-19(6-10(13)21)11(22)7-20-5-8(14(16,17)18)4-9(15)12(20)23/h4-5,10,21,24H,2-3,6-7H2,1H3/t10-,13-/m1/s1. The SMILES string of the molecule is C[C@@]1(O)CCN(C(=O)Cn2cc(C(F)(F)F)cc(Cl)c2=O)C[C@H]1O. The molecule has 0 unspecified atom stereocenters. The van der Waals surface area contributed by atoms with Gasteiger partial charge in [0, 0.05) is 19.3 Å². The number of hydrogen-bond donors (Lipinski definition) is 2. The predicted octanol–water partition coefficient (Wildman–Crippen LogP) is 0.865. The number of aliphatic hydroxyl groups is 2. The molecule has 1 saturated heterocycles. The molecule has 24 heavy (non-hydrogen) atoms. The number of alkyl halides is 3. The normalized spacial score (nSPS) is 25.0. The molecular formula is C14H16ClF3N2O4. The van der Waals surface area contributed by atoms with E-state index in [0.29, 0.717) is 16.8 Å². The Morgan fingerprint density at radius 2 is 2.12 bits per heavy atom. The van der Waals surface area contributed by atoms with Crippen molar-refractivity contribution >= 4 is 17.5 Å². The van der Waals surface area contributed by atoms with E-state index in [1.807, 2.05) is 0 Å². The molecule has 0 aliphatic carbocycles. The fourth-order valence-electron chi connectivity index (χ4n) is 2.37. The van der Waals surface area contributed by atoms with Gasteiger partial charge in [-0.2, -0.15) is 13.2 Å². The van der Waals surface area contributed by atoms with Crippen LogP contribution in [0.15, 0.2) is 17.1 Å². The average molecular weight is 369 g/mol. The van der Waals surface area contributed by atoms with E-state index in [1.54, 1.807) is 0 Å². The van der Waals surface area contributed by atoms with Gasteiger partial charge in [0.1, 0.15) is 11.6 Å². The van der Waals surface area contributed by atoms with E-state index in [2.05, 4.69) is 0 Å². The van der Waals surface area contributed by atoms with Crippen LogP contribution in [-0.2, 0) is 17.5 Å². The van der Waals surface area contributed by atoms with Crippen molar-refractivity contribution in [2.45, 2.75) is 37.8 Å². The Kier molecular flexibility index (Phi) is 4.98. The molecule has 0 aromatic carbocycles. The van der Waals surface area contributed by atoms with Gasteiger partial charge in [0.25, 0.3) is 5.56 Å². The van der Waals surface area contributed by atoms with Crippen LogP contribution in [0, 0.1) is 0 Å². The van der Waals surface area contributed by atoms with Crippen LogP contribution in [0.5, 0.6) is 0 Å². The zero-order valence-corrected chi connectivity index (χ0v) is 13.4. The van der Waals surface area contributed by atoms with Gasteiger partial charge in [-0.1, -0.05) is 11.6 Å². The number of aliphatic hydroxyl groups excluding tert-OH is 1. The molecule has 6 nitrogen and oxygen atoms in total. The van der Waals surface area contributed by atoms with Crippen molar-refractivity contribution in [2.75, 3.05) is 13.1 Å². The number of hydrogen-bond acceptors (Lipinski definition) is 4. The van der Waals surface area contributed by atoms with Crippen LogP contribution in [-0.4, -0.2) is 50.4 Å². The van der Waals surface area contributed by atoms with Gasteiger partial charge in [0.15, 0.2) is 0 Å². The third-order valence-corrected chi connectivity index (χ3v) is 4.30. The van der Waals surface area contributed by atoms with Crippen molar-refractivity contribution in [1.82, 2.24) is 9.47 Å². The molecule has 0 saturated carbocycles. The highest BCUT2D eigenvalue weighted by molar-refractivity contribution is 6.30. The van der Waals surface area contributed by atoms with Crippen LogP contribution < -0.4 is 5.56 Å². The highest BCUT2D eigenvalue weighted by Gasteiger charge is 2.38. The topological polar surface area (TPSA) is 82.8 Å². The lowest BCUT2D eigenvalue weighted by Gasteiger charge is -2.40. The van der Waals surface area contributed by atoms with Crippen molar-refractivity contribution in [2.24, 2.45) is 0 Å². The Labute approximate surface area is 140 Å². The van der Waals surface area contributed by atoms with Gasteiger partial charge in [-0.3, -0.25) is 9.59 Å². The molecule has 1 amide bonds. The molecule has 2 heterocycles. The van der Waals surface area contributed by atoms with Gasteiger partial charge in [-0.05, 0) is 19.4 Å². The van der Waals surface area contributed by atoms with Crippen LogP contribution in [0.25, 0.3) is 0 Å². The summed E-state index contributed by atoms with van der Waals surface area (Å²) in [6.07, 6.45) is -5.25. The number of piperidine rings is 1. The van der Waals surface area contributed by atoms with E-state index in [-0.39, 0.29) is 19.5 Å². The van der Waals surface area contributed by atoms with E-state index >= 15 is 0 Å². The second-order valence-electron chi connectivity index (χ2n) is 5.97. The second kappa shape index (κ2) is 6.38. The Balaban J connectivity index is 2.21. The maximum absolute atomic E-state index is 12.8. The first-order valence-corrected chi connectivity index (χ1v) is 7.45. The highest BCUT2D eigenvalue weighted by atomic mass is 35.5. The Hall–Kier alpha value is -1.58. The number of pyridine rings is 1. The number of halogens is 4. The minimum atomic E-state index is -4.71. The summed E-state index contributed by atoms with van der Waals surface area (Å²) in [5, 5.41) is 19.0. The molecule has 134 valence electrons. The van der Waals surface area contributed by atoms with Crippen LogP contribution in [0.3, 0.4) is 0 Å². The summed E-state index contributed by atoms with van der Waals surface area (Å²) in [6, 6.07) is 0.507. The predicted molar refractivity (Wildman–Crippen MR) is 78.5 cm³/mol. The molecule has 1 aromatic heterocycles. The third-order valence-electron chi connectivity index (χ3n) is 4.03. The summed E-state index contributed by atoms with van der Waals surface area (Å²) >= 11 is 5.52. The molecule has 0 spiro atoms. The second-order valence-corrected chi connectivity index (χ2v) is 6.38. The van der Waals surface area contributed by atoms with Gasteiger partial charge in [-0.15, -0.1) is 0 Å². The largest absolute Gasteiger partial charge is 0.417 e. The van der Waals surface area contributed by atoms with E-state index < -0.39 is 46.5 Å². The first kappa shape index (κ1) is 18.8. The van der Waals surface area contributed by atoms with Gasteiger partial charge in [0.2, 0.25) is 5.91 Å². The molecule has 1 aliphatic heterocycles. The van der Waals surface area contributed by atoms with Crippen LogP contribution >= 0.6 is 11.6 Å². The van der Waals surface area contributed by atoms with Crippen LogP contribution in [0.1, 0.15) is 18.9 Å². The Bertz CT molecular complexity index is 702. The van der Waals surface area contributed by atoms with Gasteiger partial charge in [-0.25, -0.2) is 0 Å². The monoisotopic (exact) mass is 368 g/mol. The molecule has 0 bridgehead atoms. The summed E-state index contributed by atoms with van der Waals surface area (Å²) in [6.45, 7) is 0.728. The fourth-order valence-corrected chi connectivity index (χ4v) is 2.59. The zero-order valence-electron chi connectivity index (χ0n) is 12.7. The number of carbonyl (C=O) groups excluding carboxylic acids is 1. The zero-order chi connectivity index (χ0) is 18.3. The van der Waals surface area contributed by atoms with E-state index in [4.69, 9.17) is 11.6 Å². The van der Waals surface area contributed by atoms with E-state index in [0.717, 1.165) is 0 Å². The molecule has 10 heteroatoms. The van der Waals surface area contributed by atoms with Crippen molar-refractivity contribution < 1.29 is 28.2 Å². The number of likely N-dealkylation sites (tertiary alicyclic amines) is 1. The van der Waals surface area contributed by atoms with Crippen molar-refractivity contribution in [3.05, 3.63) is 33.2 Å². The van der Waals surface area contributed by atoms with Gasteiger partial charge >= 0.3 is 6.18 Å². The lowest BCUT2D eigenvalue weighted by molar-refractivity contribution is -0.147. The lowest BCUT2D eigenvalue weighted by atomic mass is 9.91. The molecular weight excluding hydrogens is 353 g/mol. The molecule has 2 rings (SSSR count). The van der Waals surface area contributed by atoms with Gasteiger partial charge < -0.3 is 19.7 Å². The number of amides is 1. The van der Waals surface area contributed by atoms with Crippen LogP contribution in [0.2, 0.25) is 5.02 Å². The Morgan fingerprint density at radius 1 is 1.50 bits per heavy atom. The smallest absolute Gasteiger partial charge is 0.388 e. The number of β-amino-alcohol motifs (C(OH)–C–C–N with tert-alkyl or cyclic N) is 1. The molecule has 1 fully saturated rings. The number of aromatic nitrogens is 1. The summed E-state index contributed by atoms with van der Waals surface area (Å²) in [5.41, 5.74) is -3.39.